The molecule has 1 unspecified atom stereocenters. The second-order valence-corrected chi connectivity index (χ2v) is 6.80. The molecule has 1 aliphatic rings. The lowest BCUT2D eigenvalue weighted by Gasteiger charge is -2.22. The van der Waals surface area contributed by atoms with E-state index in [-0.39, 0.29) is 29.1 Å². The minimum atomic E-state index is -0.587. The van der Waals surface area contributed by atoms with Gasteiger partial charge in [0, 0.05) is 23.2 Å². The molecular weight excluding hydrogens is 385 g/mol. The maximum Gasteiger partial charge on any atom is 0.337 e. The molecule has 0 spiro atoms. The van der Waals surface area contributed by atoms with Crippen LogP contribution in [0.1, 0.15) is 23.6 Å². The molecule has 0 fully saturated rings. The molecule has 0 radical (unpaired) electrons. The zero-order valence-electron chi connectivity index (χ0n) is 16.0. The number of amides is 2. The van der Waals surface area contributed by atoms with Crippen LogP contribution in [0.5, 0.6) is 11.5 Å². The van der Waals surface area contributed by atoms with Crippen LogP contribution in [0.25, 0.3) is 0 Å². The molecular formula is C20H21ClFN3O3. The first-order valence-electron chi connectivity index (χ1n) is 8.70. The van der Waals surface area contributed by atoms with Crippen molar-refractivity contribution >= 4 is 23.3 Å². The van der Waals surface area contributed by atoms with Gasteiger partial charge in [0.25, 0.3) is 0 Å². The molecule has 1 atom stereocenters. The summed E-state index contributed by atoms with van der Waals surface area (Å²) in [5.74, 6) is -0.310. The Labute approximate surface area is 167 Å². The Morgan fingerprint density at radius 1 is 1.29 bits per heavy atom. The summed E-state index contributed by atoms with van der Waals surface area (Å²) in [6.07, 6.45) is 0.390. The number of hydrogen-bond donors (Lipinski definition) is 1. The lowest BCUT2D eigenvalue weighted by molar-refractivity contribution is 0.184. The minimum absolute atomic E-state index is 0.0102. The number of hydrazone groups is 1. The summed E-state index contributed by atoms with van der Waals surface area (Å²) in [6, 6.07) is 7.89. The average Bonchev–Trinajstić information content (AvgIpc) is 2.84. The van der Waals surface area contributed by atoms with Gasteiger partial charge in [0.2, 0.25) is 0 Å². The first kappa shape index (κ1) is 19.9. The molecule has 3 rings (SSSR count). The Hall–Kier alpha value is -2.80. The van der Waals surface area contributed by atoms with E-state index in [1.165, 1.54) is 26.3 Å². The fourth-order valence-electron chi connectivity index (χ4n) is 3.25. The molecule has 0 saturated carbocycles. The van der Waals surface area contributed by atoms with Crippen LogP contribution in [-0.2, 0) is 6.42 Å². The summed E-state index contributed by atoms with van der Waals surface area (Å²) in [5.41, 5.74) is 1.89. The SMILES string of the molecule is CNC(=O)N1N=C(c2ccc(Cl)cc2)c2c(cc(OC)c(OC)c2F)CC1C. The quantitative estimate of drug-likeness (QED) is 0.844. The number of methoxy groups -OCH3 is 2. The first-order valence-corrected chi connectivity index (χ1v) is 9.08. The van der Waals surface area contributed by atoms with E-state index in [4.69, 9.17) is 21.1 Å². The molecule has 1 aliphatic heterocycles. The van der Waals surface area contributed by atoms with Crippen LogP contribution in [-0.4, -0.2) is 44.1 Å². The predicted molar refractivity (Wildman–Crippen MR) is 106 cm³/mol. The highest BCUT2D eigenvalue weighted by molar-refractivity contribution is 6.30. The lowest BCUT2D eigenvalue weighted by Crippen LogP contribution is -2.41. The number of fused-ring (bicyclic) bond motifs is 1. The summed E-state index contributed by atoms with van der Waals surface area (Å²) in [5, 5.41) is 8.96. The second-order valence-electron chi connectivity index (χ2n) is 6.37. The Morgan fingerprint density at radius 2 is 1.96 bits per heavy atom. The van der Waals surface area contributed by atoms with Crippen LogP contribution in [0.15, 0.2) is 35.4 Å². The maximum atomic E-state index is 15.5. The molecule has 28 heavy (non-hydrogen) atoms. The molecule has 6 nitrogen and oxygen atoms in total. The molecule has 2 amide bonds. The van der Waals surface area contributed by atoms with Crippen LogP contribution in [0, 0.1) is 5.82 Å². The molecule has 0 bridgehead atoms. The van der Waals surface area contributed by atoms with E-state index in [0.29, 0.717) is 28.3 Å². The highest BCUT2D eigenvalue weighted by Gasteiger charge is 2.31. The zero-order chi connectivity index (χ0) is 20.4. The highest BCUT2D eigenvalue weighted by atomic mass is 35.5. The highest BCUT2D eigenvalue weighted by Crippen LogP contribution is 2.38. The Kier molecular flexibility index (Phi) is 5.74. The molecule has 8 heteroatoms. The van der Waals surface area contributed by atoms with E-state index in [9.17, 15) is 4.79 Å². The van der Waals surface area contributed by atoms with E-state index in [1.807, 2.05) is 6.92 Å². The summed E-state index contributed by atoms with van der Waals surface area (Å²) in [4.78, 5) is 12.4. The predicted octanol–water partition coefficient (Wildman–Crippen LogP) is 3.83. The van der Waals surface area contributed by atoms with E-state index >= 15 is 4.39 Å². The van der Waals surface area contributed by atoms with Gasteiger partial charge in [-0.05, 0) is 37.1 Å². The topological polar surface area (TPSA) is 63.2 Å². The van der Waals surface area contributed by atoms with Crippen LogP contribution in [0.2, 0.25) is 5.02 Å². The van der Waals surface area contributed by atoms with Gasteiger partial charge in [-0.2, -0.15) is 5.10 Å². The maximum absolute atomic E-state index is 15.5. The summed E-state index contributed by atoms with van der Waals surface area (Å²) >= 11 is 6.00. The number of hydrogen-bond acceptors (Lipinski definition) is 4. The van der Waals surface area contributed by atoms with E-state index in [1.54, 1.807) is 30.3 Å². The molecule has 2 aromatic carbocycles. The van der Waals surface area contributed by atoms with Gasteiger partial charge in [0.05, 0.1) is 20.3 Å². The van der Waals surface area contributed by atoms with Crippen molar-refractivity contribution in [3.05, 3.63) is 57.9 Å². The van der Waals surface area contributed by atoms with Crippen LogP contribution < -0.4 is 14.8 Å². The number of rotatable bonds is 3. The molecule has 0 aliphatic carbocycles. The van der Waals surface area contributed by atoms with Crippen molar-refractivity contribution in [3.8, 4) is 11.5 Å². The normalized spacial score (nSPS) is 16.0. The summed E-state index contributed by atoms with van der Waals surface area (Å²) in [6.45, 7) is 1.85. The van der Waals surface area contributed by atoms with Crippen LogP contribution in [0.4, 0.5) is 9.18 Å². The van der Waals surface area contributed by atoms with Crippen LogP contribution in [0.3, 0.4) is 0 Å². The Morgan fingerprint density at radius 3 is 2.54 bits per heavy atom. The van der Waals surface area contributed by atoms with E-state index in [0.717, 1.165) is 0 Å². The molecule has 2 aromatic rings. The molecule has 0 saturated heterocycles. The Balaban J connectivity index is 2.31. The number of ether oxygens (including phenoxy) is 2. The smallest absolute Gasteiger partial charge is 0.337 e. The van der Waals surface area contributed by atoms with Gasteiger partial charge in [0.1, 0.15) is 5.71 Å². The van der Waals surface area contributed by atoms with Crippen molar-refractivity contribution in [2.45, 2.75) is 19.4 Å². The molecule has 1 heterocycles. The number of carbonyl (C=O) groups excluding carboxylic acids is 1. The van der Waals surface area contributed by atoms with Crippen molar-refractivity contribution in [3.63, 3.8) is 0 Å². The molecule has 148 valence electrons. The van der Waals surface area contributed by atoms with E-state index < -0.39 is 5.82 Å². The van der Waals surface area contributed by atoms with Gasteiger partial charge in [-0.1, -0.05) is 23.7 Å². The number of carbonyl (C=O) groups is 1. The lowest BCUT2D eigenvalue weighted by atomic mass is 9.93. The zero-order valence-corrected chi connectivity index (χ0v) is 16.8. The van der Waals surface area contributed by atoms with Gasteiger partial charge in [0.15, 0.2) is 17.3 Å². The summed E-state index contributed by atoms with van der Waals surface area (Å²) < 4.78 is 26.0. The minimum Gasteiger partial charge on any atom is -0.493 e. The third-order valence-electron chi connectivity index (χ3n) is 4.61. The number of urea groups is 1. The van der Waals surface area contributed by atoms with Crippen molar-refractivity contribution in [2.75, 3.05) is 21.3 Å². The first-order chi connectivity index (χ1) is 13.4. The second kappa shape index (κ2) is 8.06. The molecule has 1 N–H and O–H groups in total. The Bertz CT molecular complexity index is 931. The fraction of sp³-hybridized carbons (Fsp3) is 0.300. The number of nitrogens with zero attached hydrogens (tertiary/aromatic N) is 2. The van der Waals surface area contributed by atoms with E-state index in [2.05, 4.69) is 10.4 Å². The monoisotopic (exact) mass is 405 g/mol. The average molecular weight is 406 g/mol. The van der Waals surface area contributed by atoms with Crippen molar-refractivity contribution in [2.24, 2.45) is 5.10 Å². The largest absolute Gasteiger partial charge is 0.493 e. The van der Waals surface area contributed by atoms with Crippen molar-refractivity contribution in [1.29, 1.82) is 0 Å². The van der Waals surface area contributed by atoms with Crippen LogP contribution >= 0.6 is 11.6 Å². The van der Waals surface area contributed by atoms with Gasteiger partial charge < -0.3 is 14.8 Å². The number of benzene rings is 2. The fourth-order valence-corrected chi connectivity index (χ4v) is 3.37. The van der Waals surface area contributed by atoms with Gasteiger partial charge >= 0.3 is 6.03 Å². The van der Waals surface area contributed by atoms with Crippen molar-refractivity contribution in [1.82, 2.24) is 10.3 Å². The number of nitrogens with one attached hydrogen (secondary N) is 1. The van der Waals surface area contributed by atoms with Gasteiger partial charge in [-0.3, -0.25) is 0 Å². The van der Waals surface area contributed by atoms with Gasteiger partial charge in [-0.15, -0.1) is 0 Å². The third-order valence-corrected chi connectivity index (χ3v) is 4.86. The summed E-state index contributed by atoms with van der Waals surface area (Å²) in [7, 11) is 4.36. The van der Waals surface area contributed by atoms with Crippen molar-refractivity contribution < 1.29 is 18.7 Å². The number of halogens is 2. The standard InChI is InChI=1S/C20H21ClFN3O3/c1-11-9-13-10-15(27-3)19(28-4)17(22)16(13)18(24-25(11)20(26)23-2)12-5-7-14(21)8-6-12/h5-8,10-11H,9H2,1-4H3,(H,23,26). The molecule has 0 aromatic heterocycles. The van der Waals surface area contributed by atoms with Gasteiger partial charge in [-0.25, -0.2) is 14.2 Å². The third kappa shape index (κ3) is 3.49.